The zero-order valence-electron chi connectivity index (χ0n) is 16.2. The molecule has 3 rings (SSSR count). The first-order chi connectivity index (χ1) is 13.7. The van der Waals surface area contributed by atoms with Gasteiger partial charge in [0.05, 0.1) is 4.88 Å². The van der Waals surface area contributed by atoms with Crippen LogP contribution in [0.3, 0.4) is 0 Å². The molecular weight excluding hydrogens is 392 g/mol. The Bertz CT molecular complexity index is 957. The number of hydrogen-bond acceptors (Lipinski definition) is 5. The quantitative estimate of drug-likeness (QED) is 0.542. The lowest BCUT2D eigenvalue weighted by atomic mass is 9.92. The van der Waals surface area contributed by atoms with E-state index in [4.69, 9.17) is 0 Å². The molecule has 0 radical (unpaired) electrons. The third kappa shape index (κ3) is 4.29. The molecule has 8 nitrogen and oxygen atoms in total. The predicted molar refractivity (Wildman–Crippen MR) is 110 cm³/mol. The summed E-state index contributed by atoms with van der Waals surface area (Å²) in [5.74, 6) is -1.28. The smallest absolute Gasteiger partial charge is 0.322 e. The number of urea groups is 1. The van der Waals surface area contributed by atoms with Crippen LogP contribution in [-0.2, 0) is 15.1 Å². The Morgan fingerprint density at radius 2 is 1.90 bits per heavy atom. The van der Waals surface area contributed by atoms with Crippen molar-refractivity contribution >= 4 is 40.8 Å². The third-order valence-corrected chi connectivity index (χ3v) is 5.60. The van der Waals surface area contributed by atoms with Gasteiger partial charge in [-0.05, 0) is 42.0 Å². The van der Waals surface area contributed by atoms with Gasteiger partial charge in [0.1, 0.15) is 11.6 Å². The Kier molecular flexibility index (Phi) is 5.69. The van der Waals surface area contributed by atoms with Gasteiger partial charge in [-0.2, -0.15) is 0 Å². The summed E-state index contributed by atoms with van der Waals surface area (Å²) in [4.78, 5) is 49.4. The lowest BCUT2D eigenvalue weighted by Gasteiger charge is -2.23. The molecule has 0 aliphatic carbocycles. The maximum atomic E-state index is 12.8. The van der Waals surface area contributed by atoms with Crippen LogP contribution in [0.4, 0.5) is 10.5 Å². The van der Waals surface area contributed by atoms with Gasteiger partial charge in [0.2, 0.25) is 5.91 Å². The van der Waals surface area contributed by atoms with Crippen LogP contribution in [0.1, 0.15) is 36.0 Å². The molecule has 0 bridgehead atoms. The topological polar surface area (TPSA) is 116 Å². The molecule has 1 saturated heterocycles. The maximum absolute atomic E-state index is 12.8. The van der Waals surface area contributed by atoms with Gasteiger partial charge in [-0.25, -0.2) is 4.79 Å². The minimum atomic E-state index is -1.22. The van der Waals surface area contributed by atoms with Crippen molar-refractivity contribution in [3.05, 3.63) is 52.2 Å². The second-order valence-corrected chi connectivity index (χ2v) is 8.22. The van der Waals surface area contributed by atoms with Crippen molar-refractivity contribution in [1.29, 1.82) is 0 Å². The summed E-state index contributed by atoms with van der Waals surface area (Å²) in [5, 5.41) is 12.2. The van der Waals surface area contributed by atoms with Crippen molar-refractivity contribution < 1.29 is 19.2 Å². The first-order valence-electron chi connectivity index (χ1n) is 9.10. The molecule has 0 saturated carbocycles. The number of carbonyl (C=O) groups excluding carboxylic acids is 4. The zero-order chi connectivity index (χ0) is 21.2. The van der Waals surface area contributed by atoms with Gasteiger partial charge in [-0.3, -0.25) is 19.7 Å². The highest BCUT2D eigenvalue weighted by Crippen LogP contribution is 2.26. The molecule has 2 heterocycles. The van der Waals surface area contributed by atoms with E-state index in [0.717, 1.165) is 0 Å². The molecule has 2 atom stereocenters. The first kappa shape index (κ1) is 20.5. The Balaban J connectivity index is 1.76. The van der Waals surface area contributed by atoms with Crippen LogP contribution in [0.25, 0.3) is 0 Å². The summed E-state index contributed by atoms with van der Waals surface area (Å²) in [6.45, 7) is 5.27. The van der Waals surface area contributed by atoms with E-state index in [1.807, 2.05) is 13.8 Å². The average Bonchev–Trinajstić information content (AvgIpc) is 3.28. The molecule has 1 aromatic heterocycles. The summed E-state index contributed by atoms with van der Waals surface area (Å²) < 4.78 is 0. The highest BCUT2D eigenvalue weighted by molar-refractivity contribution is 7.12. The second-order valence-electron chi connectivity index (χ2n) is 7.28. The Hall–Kier alpha value is -3.20. The van der Waals surface area contributed by atoms with E-state index in [9.17, 15) is 19.2 Å². The van der Waals surface area contributed by atoms with Crippen LogP contribution in [0.15, 0.2) is 41.8 Å². The molecule has 2 unspecified atom stereocenters. The van der Waals surface area contributed by atoms with Gasteiger partial charge < -0.3 is 16.0 Å². The van der Waals surface area contributed by atoms with Crippen molar-refractivity contribution in [2.75, 3.05) is 5.32 Å². The van der Waals surface area contributed by atoms with Crippen molar-refractivity contribution in [2.24, 2.45) is 5.92 Å². The van der Waals surface area contributed by atoms with Crippen molar-refractivity contribution in [2.45, 2.75) is 32.4 Å². The molecule has 29 heavy (non-hydrogen) atoms. The van der Waals surface area contributed by atoms with E-state index in [1.54, 1.807) is 48.7 Å². The fraction of sp³-hybridized carbons (Fsp3) is 0.300. The number of anilines is 1. The number of carbonyl (C=O) groups is 4. The summed E-state index contributed by atoms with van der Waals surface area (Å²) in [7, 11) is 0. The number of rotatable bonds is 6. The van der Waals surface area contributed by atoms with E-state index in [2.05, 4.69) is 21.3 Å². The van der Waals surface area contributed by atoms with Crippen LogP contribution < -0.4 is 21.3 Å². The molecule has 2 aromatic rings. The maximum Gasteiger partial charge on any atom is 0.322 e. The summed E-state index contributed by atoms with van der Waals surface area (Å²) >= 11 is 1.30. The molecule has 1 fully saturated rings. The molecule has 152 valence electrons. The molecule has 4 N–H and O–H groups in total. The van der Waals surface area contributed by atoms with Gasteiger partial charge in [-0.1, -0.05) is 32.0 Å². The largest absolute Gasteiger partial charge is 0.339 e. The van der Waals surface area contributed by atoms with E-state index in [1.165, 1.54) is 11.3 Å². The Morgan fingerprint density at radius 1 is 1.14 bits per heavy atom. The van der Waals surface area contributed by atoms with E-state index < -0.39 is 23.5 Å². The molecular formula is C20H22N4O4S. The van der Waals surface area contributed by atoms with Crippen molar-refractivity contribution in [1.82, 2.24) is 16.0 Å². The van der Waals surface area contributed by atoms with Gasteiger partial charge in [0.25, 0.3) is 11.8 Å². The molecule has 1 aliphatic heterocycles. The van der Waals surface area contributed by atoms with Crippen LogP contribution in [0.5, 0.6) is 0 Å². The lowest BCUT2D eigenvalue weighted by Crippen LogP contribution is -2.47. The number of thiophene rings is 1. The van der Waals surface area contributed by atoms with Gasteiger partial charge >= 0.3 is 6.03 Å². The van der Waals surface area contributed by atoms with Crippen molar-refractivity contribution in [3.8, 4) is 0 Å². The number of amides is 5. The minimum Gasteiger partial charge on any atom is -0.339 e. The minimum absolute atomic E-state index is 0.139. The van der Waals surface area contributed by atoms with E-state index in [-0.39, 0.29) is 17.7 Å². The number of hydrogen-bond donors (Lipinski definition) is 4. The van der Waals surface area contributed by atoms with Gasteiger partial charge in [0, 0.05) is 5.69 Å². The fourth-order valence-corrected chi connectivity index (χ4v) is 3.66. The lowest BCUT2D eigenvalue weighted by molar-refractivity contribution is -0.123. The Labute approximate surface area is 172 Å². The highest BCUT2D eigenvalue weighted by Gasteiger charge is 2.43. The van der Waals surface area contributed by atoms with E-state index >= 15 is 0 Å². The molecule has 0 spiro atoms. The molecule has 1 aromatic carbocycles. The number of nitrogens with one attached hydrogen (secondary N) is 4. The predicted octanol–water partition coefficient (Wildman–Crippen LogP) is 2.20. The Morgan fingerprint density at radius 3 is 2.48 bits per heavy atom. The molecule has 9 heteroatoms. The standard InChI is InChI=1S/C20H22N4O4S/c1-11(2)15(22-16(25)14-8-5-9-29-14)17(26)21-13-7-4-6-12(10-13)20(3)18(27)23-19(28)24-20/h4-11,15H,1-3H3,(H,21,26)(H,22,25)(H2,23,24,27,28). The number of benzene rings is 1. The van der Waals surface area contributed by atoms with Crippen molar-refractivity contribution in [3.63, 3.8) is 0 Å². The van der Waals surface area contributed by atoms with Gasteiger partial charge in [-0.15, -0.1) is 11.3 Å². The molecule has 1 aliphatic rings. The SMILES string of the molecule is CC(C)C(NC(=O)c1cccs1)C(=O)Nc1cccc(C2(C)NC(=O)NC2=O)c1. The third-order valence-electron chi connectivity index (χ3n) is 4.73. The van der Waals surface area contributed by atoms with E-state index in [0.29, 0.717) is 16.1 Å². The molecule has 5 amide bonds. The second kappa shape index (κ2) is 8.04. The van der Waals surface area contributed by atoms with Crippen LogP contribution in [0.2, 0.25) is 0 Å². The van der Waals surface area contributed by atoms with Crippen LogP contribution in [0, 0.1) is 5.92 Å². The number of imide groups is 1. The van der Waals surface area contributed by atoms with Crippen LogP contribution >= 0.6 is 11.3 Å². The average molecular weight is 414 g/mol. The normalized spacial score (nSPS) is 19.4. The fourth-order valence-electron chi connectivity index (χ4n) is 3.03. The summed E-state index contributed by atoms with van der Waals surface area (Å²) in [6, 6.07) is 8.84. The summed E-state index contributed by atoms with van der Waals surface area (Å²) in [6.07, 6.45) is 0. The highest BCUT2D eigenvalue weighted by atomic mass is 32.1. The zero-order valence-corrected chi connectivity index (χ0v) is 17.1. The monoisotopic (exact) mass is 414 g/mol. The summed E-state index contributed by atoms with van der Waals surface area (Å²) in [5.41, 5.74) is -0.232. The van der Waals surface area contributed by atoms with Crippen LogP contribution in [-0.4, -0.2) is 29.8 Å². The first-order valence-corrected chi connectivity index (χ1v) is 9.98. The van der Waals surface area contributed by atoms with Gasteiger partial charge in [0.15, 0.2) is 0 Å².